The number of carbonyl (C=O) groups is 1. The number of azo groups is 1. The van der Waals surface area contributed by atoms with Crippen molar-refractivity contribution in [3.05, 3.63) is 40.2 Å². The number of hydrogen-bond donors (Lipinski definition) is 2. The summed E-state index contributed by atoms with van der Waals surface area (Å²) in [5, 5.41) is 18.6. The van der Waals surface area contributed by atoms with Gasteiger partial charge in [0.1, 0.15) is 16.1 Å². The monoisotopic (exact) mass is 590 g/mol. The van der Waals surface area contributed by atoms with Gasteiger partial charge in [0.2, 0.25) is 15.9 Å². The highest BCUT2D eigenvalue weighted by Gasteiger charge is 2.31. The number of methoxy groups -OCH3 is 1. The number of unbranched alkanes of at least 4 members (excludes halogenated alkanes) is 2. The maximum atomic E-state index is 14.3. The van der Waals surface area contributed by atoms with Gasteiger partial charge in [-0.05, 0) is 43.7 Å². The molecule has 10 nitrogen and oxygen atoms in total. The van der Waals surface area contributed by atoms with Crippen LogP contribution in [-0.4, -0.2) is 48.8 Å². The Morgan fingerprint density at radius 3 is 2.05 bits per heavy atom. The first kappa shape index (κ1) is 34.2. The fourth-order valence-electron chi connectivity index (χ4n) is 4.85. The zero-order valence-electron chi connectivity index (χ0n) is 25.3. The molecule has 2 aromatic rings. The molecule has 0 spiro atoms. The number of sulfonamides is 1. The number of pyridine rings is 1. The second kappa shape index (κ2) is 16.4. The van der Waals surface area contributed by atoms with Crippen LogP contribution in [0.1, 0.15) is 96.3 Å². The third-order valence-electron chi connectivity index (χ3n) is 7.43. The Bertz CT molecular complexity index is 1320. The highest BCUT2D eigenvalue weighted by Crippen LogP contribution is 2.38. The average Bonchev–Trinajstić information content (AvgIpc) is 2.95. The molecule has 1 aromatic carbocycles. The fourth-order valence-corrected chi connectivity index (χ4v) is 6.57. The van der Waals surface area contributed by atoms with Crippen LogP contribution in [0.3, 0.4) is 0 Å². The van der Waals surface area contributed by atoms with Crippen LogP contribution in [0, 0.1) is 11.8 Å². The number of benzene rings is 1. The number of nitrogens with one attached hydrogen (secondary N) is 1. The number of aromatic hydroxyl groups is 1. The molecule has 0 amide bonds. The predicted molar refractivity (Wildman–Crippen MR) is 161 cm³/mol. The maximum absolute atomic E-state index is 14.3. The molecule has 1 heterocycles. The van der Waals surface area contributed by atoms with E-state index < -0.39 is 27.2 Å². The SMILES string of the molecule is CCCCC(CC)CN(CC(CC)CCCC)S(=O)(=O)c1ccccc1/N=N/c1c(O)[nH]c(=O)c(C(C)=O)c1OC. The molecule has 0 saturated heterocycles. The summed E-state index contributed by atoms with van der Waals surface area (Å²) in [4.78, 5) is 26.5. The molecule has 0 bridgehead atoms. The second-order valence-electron chi connectivity index (χ2n) is 10.4. The standard InChI is InChI=1S/C30H46N4O6S/c1-7-11-15-22(9-3)19-34(20-23(10-4)16-12-8-2)41(38,39)25-18-14-13-17-24(25)32-33-27-28(40-6)26(21(5)35)29(36)31-30(27)37/h13-14,17-18,22-23H,7-12,15-16,19-20H2,1-6H3,(H2,31,36,37)/b33-32+. The second-order valence-corrected chi connectivity index (χ2v) is 12.3. The summed E-state index contributed by atoms with van der Waals surface area (Å²) in [5.74, 6) is -1.01. The van der Waals surface area contributed by atoms with Gasteiger partial charge in [-0.3, -0.25) is 14.6 Å². The first-order chi connectivity index (χ1) is 19.5. The first-order valence-electron chi connectivity index (χ1n) is 14.6. The van der Waals surface area contributed by atoms with Crippen molar-refractivity contribution < 1.29 is 23.1 Å². The molecule has 1 aromatic heterocycles. The molecule has 0 aliphatic heterocycles. The summed E-state index contributed by atoms with van der Waals surface area (Å²) in [6.45, 7) is 10.5. The number of ether oxygens (including phenoxy) is 1. The summed E-state index contributed by atoms with van der Waals surface area (Å²) >= 11 is 0. The van der Waals surface area contributed by atoms with Crippen molar-refractivity contribution in [3.63, 3.8) is 0 Å². The van der Waals surface area contributed by atoms with Gasteiger partial charge in [0, 0.05) is 13.1 Å². The van der Waals surface area contributed by atoms with E-state index in [9.17, 15) is 23.1 Å². The van der Waals surface area contributed by atoms with Gasteiger partial charge in [0.05, 0.1) is 7.11 Å². The topological polar surface area (TPSA) is 141 Å². The summed E-state index contributed by atoms with van der Waals surface area (Å²) in [6.07, 6.45) is 7.84. The smallest absolute Gasteiger partial charge is 0.265 e. The molecule has 228 valence electrons. The van der Waals surface area contributed by atoms with E-state index in [1.807, 2.05) is 0 Å². The zero-order chi connectivity index (χ0) is 30.6. The molecule has 11 heteroatoms. The predicted octanol–water partition coefficient (Wildman–Crippen LogP) is 7.13. The molecule has 2 atom stereocenters. The van der Waals surface area contributed by atoms with Crippen molar-refractivity contribution in [2.24, 2.45) is 22.1 Å². The van der Waals surface area contributed by atoms with Gasteiger partial charge in [-0.15, -0.1) is 10.2 Å². The van der Waals surface area contributed by atoms with Crippen LogP contribution in [0.2, 0.25) is 0 Å². The van der Waals surface area contributed by atoms with Crippen LogP contribution >= 0.6 is 0 Å². The van der Waals surface area contributed by atoms with Crippen LogP contribution in [-0.2, 0) is 10.0 Å². The van der Waals surface area contributed by atoms with Crippen LogP contribution in [0.4, 0.5) is 11.4 Å². The summed E-state index contributed by atoms with van der Waals surface area (Å²) in [5.41, 5.74) is -1.36. The first-order valence-corrected chi connectivity index (χ1v) is 16.0. The Labute approximate surface area is 244 Å². The Hall–Kier alpha value is -3.05. The van der Waals surface area contributed by atoms with E-state index in [1.165, 1.54) is 26.2 Å². The minimum atomic E-state index is -3.98. The number of H-pyrrole nitrogens is 1. The van der Waals surface area contributed by atoms with Gasteiger partial charge in [-0.1, -0.05) is 78.4 Å². The molecule has 0 saturated carbocycles. The summed E-state index contributed by atoms with van der Waals surface area (Å²) in [6, 6.07) is 6.31. The molecule has 0 radical (unpaired) electrons. The summed E-state index contributed by atoms with van der Waals surface area (Å²) < 4.78 is 35.3. The molecule has 41 heavy (non-hydrogen) atoms. The van der Waals surface area contributed by atoms with E-state index in [0.29, 0.717) is 13.1 Å². The van der Waals surface area contributed by atoms with Gasteiger partial charge in [-0.2, -0.15) is 4.31 Å². The maximum Gasteiger partial charge on any atom is 0.265 e. The van der Waals surface area contributed by atoms with E-state index in [2.05, 4.69) is 42.9 Å². The molecule has 0 aliphatic carbocycles. The number of carbonyl (C=O) groups excluding carboxylic acids is 1. The van der Waals surface area contributed by atoms with Crippen molar-refractivity contribution >= 4 is 27.2 Å². The van der Waals surface area contributed by atoms with Crippen molar-refractivity contribution in [2.75, 3.05) is 20.2 Å². The minimum Gasteiger partial charge on any atom is -0.493 e. The molecular weight excluding hydrogens is 544 g/mol. The lowest BCUT2D eigenvalue weighted by molar-refractivity contribution is 0.101. The average molecular weight is 591 g/mol. The molecule has 2 N–H and O–H groups in total. The highest BCUT2D eigenvalue weighted by molar-refractivity contribution is 7.89. The number of aromatic nitrogens is 1. The van der Waals surface area contributed by atoms with E-state index in [0.717, 1.165) is 51.4 Å². The van der Waals surface area contributed by atoms with Crippen molar-refractivity contribution in [1.82, 2.24) is 9.29 Å². The van der Waals surface area contributed by atoms with Gasteiger partial charge >= 0.3 is 0 Å². The van der Waals surface area contributed by atoms with Crippen LogP contribution < -0.4 is 10.3 Å². The fraction of sp³-hybridized carbons (Fsp3) is 0.600. The lowest BCUT2D eigenvalue weighted by Gasteiger charge is -2.30. The molecule has 2 unspecified atom stereocenters. The number of nitrogens with zero attached hydrogens (tertiary/aromatic N) is 3. The number of aromatic amines is 1. The van der Waals surface area contributed by atoms with Gasteiger partial charge < -0.3 is 9.84 Å². The Morgan fingerprint density at radius 1 is 1.00 bits per heavy atom. The zero-order valence-corrected chi connectivity index (χ0v) is 26.1. The largest absolute Gasteiger partial charge is 0.493 e. The van der Waals surface area contributed by atoms with Crippen LogP contribution in [0.25, 0.3) is 0 Å². The van der Waals surface area contributed by atoms with Crippen molar-refractivity contribution in [2.45, 2.75) is 90.9 Å². The van der Waals surface area contributed by atoms with E-state index in [-0.39, 0.29) is 39.4 Å². The van der Waals surface area contributed by atoms with Crippen LogP contribution in [0.15, 0.2) is 44.2 Å². The number of Topliss-reactive ketones (excluding diaryl/α,β-unsaturated/α-hetero) is 1. The lowest BCUT2D eigenvalue weighted by atomic mass is 9.97. The Kier molecular flexibility index (Phi) is 13.7. The lowest BCUT2D eigenvalue weighted by Crippen LogP contribution is -2.39. The third-order valence-corrected chi connectivity index (χ3v) is 9.31. The molecule has 2 rings (SSSR count). The quantitative estimate of drug-likeness (QED) is 0.140. The van der Waals surface area contributed by atoms with Gasteiger partial charge in [0.25, 0.3) is 5.56 Å². The number of ketones is 1. The number of rotatable bonds is 18. The normalized spacial score (nSPS) is 13.5. The number of hydrogen-bond acceptors (Lipinski definition) is 8. The van der Waals surface area contributed by atoms with E-state index >= 15 is 0 Å². The summed E-state index contributed by atoms with van der Waals surface area (Å²) in [7, 11) is -2.74. The molecule has 0 fully saturated rings. The van der Waals surface area contributed by atoms with Gasteiger partial charge in [0.15, 0.2) is 17.2 Å². The minimum absolute atomic E-state index is 0.00545. The third kappa shape index (κ3) is 8.97. The highest BCUT2D eigenvalue weighted by atomic mass is 32.2. The van der Waals surface area contributed by atoms with Crippen molar-refractivity contribution in [3.8, 4) is 11.6 Å². The Morgan fingerprint density at radius 2 is 1.56 bits per heavy atom. The molecular formula is C30H46N4O6S. The van der Waals surface area contributed by atoms with E-state index in [1.54, 1.807) is 16.4 Å². The molecule has 0 aliphatic rings. The van der Waals surface area contributed by atoms with Gasteiger partial charge in [-0.25, -0.2) is 8.42 Å². The van der Waals surface area contributed by atoms with Crippen molar-refractivity contribution in [1.29, 1.82) is 0 Å². The Balaban J connectivity index is 2.60. The van der Waals surface area contributed by atoms with Crippen LogP contribution in [0.5, 0.6) is 11.6 Å². The van der Waals surface area contributed by atoms with E-state index in [4.69, 9.17) is 4.74 Å².